The van der Waals surface area contributed by atoms with Crippen LogP contribution in [0.25, 0.3) is 32.7 Å². The minimum atomic E-state index is -4.44. The molecule has 0 amide bonds. The molecule has 2 aromatic heterocycles. The summed E-state index contributed by atoms with van der Waals surface area (Å²) in [6.07, 6.45) is 0. The lowest BCUT2D eigenvalue weighted by Gasteiger charge is -2.05. The summed E-state index contributed by atoms with van der Waals surface area (Å²) < 4.78 is 38.2. The third-order valence-corrected chi connectivity index (χ3v) is 5.50. The standard InChI is InChI=1S/C15H10N2O7S2/c18-15-10-4-2-1-3-9(10)14-13(16-15)11-6-5-8(26(20,21)22)7-12(11)17(14)25-24-23-19/h1-7,19H,(H,16,18)(H,20,21,22). The molecule has 0 unspecified atom stereocenters. The van der Waals surface area contributed by atoms with Gasteiger partial charge in [-0.1, -0.05) is 23.2 Å². The Balaban J connectivity index is 2.23. The number of rotatable bonds is 4. The quantitative estimate of drug-likeness (QED) is 0.208. The van der Waals surface area contributed by atoms with Gasteiger partial charge in [-0.05, 0) is 24.3 Å². The average molecular weight is 394 g/mol. The van der Waals surface area contributed by atoms with E-state index >= 15 is 0 Å². The maximum absolute atomic E-state index is 12.4. The fourth-order valence-corrected chi connectivity index (χ4v) is 4.05. The van der Waals surface area contributed by atoms with Gasteiger partial charge in [0.25, 0.3) is 15.7 Å². The molecule has 26 heavy (non-hydrogen) atoms. The second-order valence-corrected chi connectivity index (χ2v) is 7.46. The van der Waals surface area contributed by atoms with E-state index in [1.54, 1.807) is 24.3 Å². The van der Waals surface area contributed by atoms with Crippen LogP contribution >= 0.6 is 12.2 Å². The number of fused-ring (bicyclic) bond motifs is 5. The van der Waals surface area contributed by atoms with Gasteiger partial charge in [0.05, 0.1) is 21.4 Å². The number of hydrogen-bond acceptors (Lipinski definition) is 7. The summed E-state index contributed by atoms with van der Waals surface area (Å²) in [4.78, 5) is 14.8. The molecule has 0 aliphatic carbocycles. The molecule has 0 atom stereocenters. The van der Waals surface area contributed by atoms with Gasteiger partial charge in [-0.25, -0.2) is 5.26 Å². The Morgan fingerprint density at radius 1 is 1.08 bits per heavy atom. The Labute approximate surface area is 149 Å². The normalized spacial score (nSPS) is 12.4. The molecule has 4 aromatic rings. The van der Waals surface area contributed by atoms with Crippen LogP contribution in [0.3, 0.4) is 0 Å². The summed E-state index contributed by atoms with van der Waals surface area (Å²) in [6, 6.07) is 10.8. The summed E-state index contributed by atoms with van der Waals surface area (Å²) in [5, 5.41) is 13.7. The zero-order chi connectivity index (χ0) is 18.5. The van der Waals surface area contributed by atoms with E-state index in [1.807, 2.05) is 0 Å². The van der Waals surface area contributed by atoms with Crippen molar-refractivity contribution in [3.05, 3.63) is 52.8 Å². The van der Waals surface area contributed by atoms with Crippen molar-refractivity contribution in [1.29, 1.82) is 0 Å². The van der Waals surface area contributed by atoms with Gasteiger partial charge >= 0.3 is 0 Å². The molecule has 0 fully saturated rings. The van der Waals surface area contributed by atoms with Crippen LogP contribution in [0.4, 0.5) is 0 Å². The molecule has 134 valence electrons. The molecular formula is C15H10N2O7S2. The van der Waals surface area contributed by atoms with E-state index in [2.05, 4.69) is 14.4 Å². The molecule has 0 aliphatic heterocycles. The van der Waals surface area contributed by atoms with E-state index in [9.17, 15) is 17.8 Å². The van der Waals surface area contributed by atoms with E-state index in [0.717, 1.165) is 0 Å². The number of hydrogen-bond donors (Lipinski definition) is 3. The van der Waals surface area contributed by atoms with Crippen LogP contribution in [0, 0.1) is 0 Å². The molecule has 0 radical (unpaired) electrons. The Bertz CT molecular complexity index is 1320. The number of benzene rings is 2. The van der Waals surface area contributed by atoms with Crippen LogP contribution in [-0.4, -0.2) is 27.2 Å². The second kappa shape index (κ2) is 6.09. The van der Waals surface area contributed by atoms with Gasteiger partial charge in [0.1, 0.15) is 0 Å². The highest BCUT2D eigenvalue weighted by Gasteiger charge is 2.19. The number of nitrogens with one attached hydrogen (secondary N) is 1. The van der Waals surface area contributed by atoms with Gasteiger partial charge in [-0.3, -0.25) is 13.3 Å². The first-order valence-corrected chi connectivity index (χ1v) is 9.27. The first kappa shape index (κ1) is 17.0. The average Bonchev–Trinajstić information content (AvgIpc) is 2.92. The number of aromatic nitrogens is 2. The molecule has 2 aromatic carbocycles. The van der Waals surface area contributed by atoms with Crippen molar-refractivity contribution < 1.29 is 27.6 Å². The molecule has 9 nitrogen and oxygen atoms in total. The van der Waals surface area contributed by atoms with Crippen molar-refractivity contribution in [1.82, 2.24) is 8.96 Å². The van der Waals surface area contributed by atoms with Gasteiger partial charge in [0.2, 0.25) is 0 Å². The first-order valence-electron chi connectivity index (χ1n) is 7.14. The lowest BCUT2D eigenvalue weighted by molar-refractivity contribution is -0.432. The minimum absolute atomic E-state index is 0.310. The zero-order valence-corrected chi connectivity index (χ0v) is 14.4. The van der Waals surface area contributed by atoms with Crippen LogP contribution in [0.15, 0.2) is 52.2 Å². The molecule has 11 heteroatoms. The van der Waals surface area contributed by atoms with Gasteiger partial charge < -0.3 is 4.98 Å². The van der Waals surface area contributed by atoms with E-state index < -0.39 is 10.1 Å². The van der Waals surface area contributed by atoms with Crippen LogP contribution < -0.4 is 5.56 Å². The van der Waals surface area contributed by atoms with E-state index in [1.165, 1.54) is 22.2 Å². The summed E-state index contributed by atoms with van der Waals surface area (Å²) in [7, 11) is -4.44. The fourth-order valence-electron chi connectivity index (χ4n) is 2.96. The molecule has 0 spiro atoms. The third kappa shape index (κ3) is 2.58. The van der Waals surface area contributed by atoms with Crippen LogP contribution in [0.2, 0.25) is 0 Å². The highest BCUT2D eigenvalue weighted by atomic mass is 32.2. The minimum Gasteiger partial charge on any atom is -0.320 e. The molecule has 0 bridgehead atoms. The number of H-pyrrole nitrogens is 1. The Hall–Kier alpha value is -2.41. The van der Waals surface area contributed by atoms with Crippen LogP contribution in [0.5, 0.6) is 0 Å². The highest BCUT2D eigenvalue weighted by molar-refractivity contribution is 7.93. The van der Waals surface area contributed by atoms with Gasteiger partial charge in [0.15, 0.2) is 12.2 Å². The largest absolute Gasteiger partial charge is 0.320 e. The predicted molar refractivity (Wildman–Crippen MR) is 95.2 cm³/mol. The molecular weight excluding hydrogens is 384 g/mol. The molecule has 0 aliphatic rings. The third-order valence-electron chi connectivity index (χ3n) is 4.00. The van der Waals surface area contributed by atoms with Crippen molar-refractivity contribution >= 4 is 55.1 Å². The summed E-state index contributed by atoms with van der Waals surface area (Å²) in [5.74, 6) is 0. The van der Waals surface area contributed by atoms with E-state index in [0.29, 0.717) is 44.9 Å². The molecule has 0 saturated heterocycles. The Morgan fingerprint density at radius 2 is 1.81 bits per heavy atom. The number of pyridine rings is 1. The molecule has 4 rings (SSSR count). The lowest BCUT2D eigenvalue weighted by atomic mass is 10.1. The lowest BCUT2D eigenvalue weighted by Crippen LogP contribution is -2.06. The molecule has 3 N–H and O–H groups in total. The topological polar surface area (TPSA) is 131 Å². The monoisotopic (exact) mass is 394 g/mol. The van der Waals surface area contributed by atoms with Crippen molar-refractivity contribution in [2.75, 3.05) is 0 Å². The zero-order valence-electron chi connectivity index (χ0n) is 12.7. The maximum Gasteiger partial charge on any atom is 0.294 e. The van der Waals surface area contributed by atoms with E-state index in [4.69, 9.17) is 5.26 Å². The van der Waals surface area contributed by atoms with Crippen molar-refractivity contribution in [2.24, 2.45) is 0 Å². The molecule has 2 heterocycles. The Morgan fingerprint density at radius 3 is 2.50 bits per heavy atom. The van der Waals surface area contributed by atoms with Gasteiger partial charge in [-0.15, -0.1) is 4.33 Å². The fraction of sp³-hybridized carbons (Fsp3) is 0. The van der Waals surface area contributed by atoms with Crippen molar-refractivity contribution in [2.45, 2.75) is 4.90 Å². The van der Waals surface area contributed by atoms with Crippen molar-refractivity contribution in [3.8, 4) is 0 Å². The highest BCUT2D eigenvalue weighted by Crippen LogP contribution is 2.35. The Kier molecular flexibility index (Phi) is 3.99. The van der Waals surface area contributed by atoms with E-state index in [-0.39, 0.29) is 10.5 Å². The van der Waals surface area contributed by atoms with Crippen LogP contribution in [-0.2, 0) is 19.5 Å². The maximum atomic E-state index is 12.4. The number of aromatic amines is 1. The SMILES string of the molecule is O=c1[nH]c2c3ccc(S(=O)(=O)O)cc3n(SOOO)c2c2ccccc12. The number of nitrogens with zero attached hydrogens (tertiary/aromatic N) is 1. The smallest absolute Gasteiger partial charge is 0.294 e. The first-order chi connectivity index (χ1) is 12.4. The van der Waals surface area contributed by atoms with Gasteiger partial charge in [-0.2, -0.15) is 8.42 Å². The second-order valence-electron chi connectivity index (χ2n) is 5.39. The summed E-state index contributed by atoms with van der Waals surface area (Å²) in [6.45, 7) is 0. The van der Waals surface area contributed by atoms with Gasteiger partial charge in [0, 0.05) is 16.2 Å². The summed E-state index contributed by atoms with van der Waals surface area (Å²) in [5.41, 5.74) is 0.976. The summed E-state index contributed by atoms with van der Waals surface area (Å²) >= 11 is 0.572. The van der Waals surface area contributed by atoms with Crippen LogP contribution in [0.1, 0.15) is 0 Å². The predicted octanol–water partition coefficient (Wildman–Crippen LogP) is 2.72. The molecule has 0 saturated carbocycles. The van der Waals surface area contributed by atoms with Crippen molar-refractivity contribution in [3.63, 3.8) is 0 Å².